The Morgan fingerprint density at radius 2 is 2.00 bits per heavy atom. The van der Waals surface area contributed by atoms with Gasteiger partial charge in [-0.2, -0.15) is 13.2 Å². The maximum absolute atomic E-state index is 12.0. The fourth-order valence-electron chi connectivity index (χ4n) is 0.689. The zero-order valence-corrected chi connectivity index (χ0v) is 6.94. The van der Waals surface area contributed by atoms with Crippen LogP contribution >= 0.6 is 0 Å². The van der Waals surface area contributed by atoms with Gasteiger partial charge in [0.15, 0.2) is 0 Å². The van der Waals surface area contributed by atoms with E-state index in [1.807, 2.05) is 0 Å². The Hall–Kier alpha value is -1.00. The van der Waals surface area contributed by atoms with Gasteiger partial charge in [-0.15, -0.1) is 0 Å². The Bertz CT molecular complexity index is 203. The first-order valence-corrected chi connectivity index (χ1v) is 3.41. The molecular weight excluding hydrogens is 169 g/mol. The third kappa shape index (κ3) is 2.94. The van der Waals surface area contributed by atoms with Gasteiger partial charge in [0, 0.05) is 13.3 Å². The molecule has 0 atom stereocenters. The largest absolute Gasteiger partial charge is 0.431 e. The highest BCUT2D eigenvalue weighted by atomic mass is 19.4. The third-order valence-electron chi connectivity index (χ3n) is 1.32. The summed E-state index contributed by atoms with van der Waals surface area (Å²) in [6.45, 7) is 1.59. The highest BCUT2D eigenvalue weighted by Crippen LogP contribution is 2.24. The maximum atomic E-state index is 12.0. The highest BCUT2D eigenvalue weighted by Gasteiger charge is 2.33. The Kier molecular flexibility index (Phi) is 3.79. The van der Waals surface area contributed by atoms with Crippen LogP contribution in [0.3, 0.4) is 0 Å². The number of hydrogen-bond donors (Lipinski definition) is 1. The van der Waals surface area contributed by atoms with Gasteiger partial charge < -0.3 is 5.73 Å². The van der Waals surface area contributed by atoms with E-state index in [1.165, 1.54) is 7.05 Å². The van der Waals surface area contributed by atoms with Crippen LogP contribution in [0.4, 0.5) is 13.2 Å². The number of halogens is 3. The van der Waals surface area contributed by atoms with E-state index >= 15 is 0 Å². The van der Waals surface area contributed by atoms with E-state index < -0.39 is 11.9 Å². The molecule has 0 aliphatic carbocycles. The van der Waals surface area contributed by atoms with E-state index in [0.29, 0.717) is 0 Å². The van der Waals surface area contributed by atoms with Crippen molar-refractivity contribution in [2.24, 2.45) is 10.7 Å². The lowest BCUT2D eigenvalue weighted by molar-refractivity contribution is -0.0932. The molecule has 2 N–H and O–H groups in total. The van der Waals surface area contributed by atoms with E-state index in [1.54, 1.807) is 6.92 Å². The summed E-state index contributed by atoms with van der Waals surface area (Å²) in [6.07, 6.45) is -3.10. The number of hydrogen-bond acceptors (Lipinski definition) is 2. The molecule has 0 unspecified atom stereocenters. The Morgan fingerprint density at radius 3 is 2.25 bits per heavy atom. The molecule has 0 saturated heterocycles. The number of nitrogens with two attached hydrogens (primary N) is 1. The standard InChI is InChI=1S/C7H11F3N2/c1-3-5(4-12-2)6(11)7(8,9)10/h4H,3,11H2,1-2H3. The van der Waals surface area contributed by atoms with E-state index in [0.717, 1.165) is 6.21 Å². The van der Waals surface area contributed by atoms with Crippen LogP contribution in [0.25, 0.3) is 0 Å². The molecule has 12 heavy (non-hydrogen) atoms. The van der Waals surface area contributed by atoms with Crippen molar-refractivity contribution in [1.29, 1.82) is 0 Å². The minimum Gasteiger partial charge on any atom is -0.394 e. The summed E-state index contributed by atoms with van der Waals surface area (Å²) in [4.78, 5) is 3.48. The van der Waals surface area contributed by atoms with Gasteiger partial charge in [-0.05, 0) is 12.0 Å². The average molecular weight is 180 g/mol. The van der Waals surface area contributed by atoms with Crippen LogP contribution < -0.4 is 5.73 Å². The molecule has 0 aliphatic rings. The molecule has 0 aliphatic heterocycles. The van der Waals surface area contributed by atoms with E-state index in [9.17, 15) is 13.2 Å². The van der Waals surface area contributed by atoms with Crippen molar-refractivity contribution in [3.63, 3.8) is 0 Å². The second-order valence-electron chi connectivity index (χ2n) is 2.18. The van der Waals surface area contributed by atoms with Crippen molar-refractivity contribution in [3.05, 3.63) is 11.3 Å². The minimum absolute atomic E-state index is 0.0185. The topological polar surface area (TPSA) is 38.4 Å². The molecule has 0 radical (unpaired) electrons. The van der Waals surface area contributed by atoms with Gasteiger partial charge in [0.05, 0.1) is 0 Å². The van der Waals surface area contributed by atoms with Crippen LogP contribution in [0.1, 0.15) is 13.3 Å². The summed E-state index contributed by atoms with van der Waals surface area (Å²) < 4.78 is 35.9. The summed E-state index contributed by atoms with van der Waals surface area (Å²) in [5.41, 5.74) is 3.81. The minimum atomic E-state index is -4.45. The van der Waals surface area contributed by atoms with Crippen molar-refractivity contribution >= 4 is 6.21 Å². The first-order valence-electron chi connectivity index (χ1n) is 3.41. The molecule has 0 spiro atoms. The molecule has 0 heterocycles. The lowest BCUT2D eigenvalue weighted by atomic mass is 10.1. The lowest BCUT2D eigenvalue weighted by Crippen LogP contribution is -2.22. The Labute approximate surface area is 69.0 Å². The van der Waals surface area contributed by atoms with Gasteiger partial charge in [-0.3, -0.25) is 4.99 Å². The summed E-state index contributed by atoms with van der Waals surface area (Å²) in [5, 5.41) is 0. The Balaban J connectivity index is 4.85. The molecule has 5 heteroatoms. The van der Waals surface area contributed by atoms with Gasteiger partial charge in [0.2, 0.25) is 0 Å². The fourth-order valence-corrected chi connectivity index (χ4v) is 0.689. The molecule has 70 valence electrons. The van der Waals surface area contributed by atoms with Gasteiger partial charge in [0.1, 0.15) is 5.70 Å². The van der Waals surface area contributed by atoms with Crippen LogP contribution in [0.5, 0.6) is 0 Å². The second-order valence-corrected chi connectivity index (χ2v) is 2.18. The molecule has 0 bridgehead atoms. The highest BCUT2D eigenvalue weighted by molar-refractivity contribution is 5.79. The summed E-state index contributed by atoms with van der Waals surface area (Å²) in [7, 11) is 1.40. The Morgan fingerprint density at radius 1 is 1.50 bits per heavy atom. The fraction of sp³-hybridized carbons (Fsp3) is 0.571. The molecule has 0 rings (SSSR count). The zero-order valence-electron chi connectivity index (χ0n) is 6.94. The third-order valence-corrected chi connectivity index (χ3v) is 1.32. The van der Waals surface area contributed by atoms with E-state index in [-0.39, 0.29) is 12.0 Å². The van der Waals surface area contributed by atoms with Crippen LogP contribution in [0.2, 0.25) is 0 Å². The quantitative estimate of drug-likeness (QED) is 0.647. The van der Waals surface area contributed by atoms with Crippen LogP contribution in [0, 0.1) is 0 Å². The predicted octanol–water partition coefficient (Wildman–Crippen LogP) is 1.87. The van der Waals surface area contributed by atoms with Crippen molar-refractivity contribution < 1.29 is 13.2 Å². The van der Waals surface area contributed by atoms with Crippen LogP contribution in [-0.4, -0.2) is 19.4 Å². The molecule has 0 fully saturated rings. The molecule has 0 amide bonds. The molecule has 0 aromatic heterocycles. The van der Waals surface area contributed by atoms with Crippen LogP contribution in [0.15, 0.2) is 16.3 Å². The van der Waals surface area contributed by atoms with Gasteiger partial charge in [-0.1, -0.05) is 6.92 Å². The van der Waals surface area contributed by atoms with Crippen molar-refractivity contribution in [1.82, 2.24) is 0 Å². The average Bonchev–Trinajstić information content (AvgIpc) is 1.97. The zero-order chi connectivity index (χ0) is 9.78. The number of aliphatic imine (C=N–C) groups is 1. The van der Waals surface area contributed by atoms with Crippen molar-refractivity contribution in [3.8, 4) is 0 Å². The lowest BCUT2D eigenvalue weighted by Gasteiger charge is -2.09. The predicted molar refractivity (Wildman–Crippen MR) is 42.0 cm³/mol. The van der Waals surface area contributed by atoms with Crippen molar-refractivity contribution in [2.45, 2.75) is 19.5 Å². The molecule has 0 aromatic carbocycles. The van der Waals surface area contributed by atoms with Gasteiger partial charge >= 0.3 is 6.18 Å². The first kappa shape index (κ1) is 11.0. The summed E-state index contributed by atoms with van der Waals surface area (Å²) >= 11 is 0. The monoisotopic (exact) mass is 180 g/mol. The second kappa shape index (κ2) is 4.13. The summed E-state index contributed by atoms with van der Waals surface area (Å²) in [5.74, 6) is 0. The molecule has 2 nitrogen and oxygen atoms in total. The smallest absolute Gasteiger partial charge is 0.394 e. The molecular formula is C7H11F3N2. The SMILES string of the molecule is CCC(C=NC)=C(N)C(F)(F)F. The number of allylic oxidation sites excluding steroid dienone is 2. The number of alkyl halides is 3. The number of rotatable bonds is 2. The van der Waals surface area contributed by atoms with E-state index in [2.05, 4.69) is 4.99 Å². The molecule has 0 saturated carbocycles. The van der Waals surface area contributed by atoms with Gasteiger partial charge in [-0.25, -0.2) is 0 Å². The first-order chi connectivity index (χ1) is 5.43. The van der Waals surface area contributed by atoms with Crippen molar-refractivity contribution in [2.75, 3.05) is 7.05 Å². The van der Waals surface area contributed by atoms with Gasteiger partial charge in [0.25, 0.3) is 0 Å². The normalized spacial score (nSPS) is 15.1. The molecule has 0 aromatic rings. The summed E-state index contributed by atoms with van der Waals surface area (Å²) in [6, 6.07) is 0. The number of nitrogens with zero attached hydrogens (tertiary/aromatic N) is 1. The van der Waals surface area contributed by atoms with Crippen LogP contribution in [-0.2, 0) is 0 Å². The maximum Gasteiger partial charge on any atom is 0.431 e. The van der Waals surface area contributed by atoms with E-state index in [4.69, 9.17) is 5.73 Å².